The molecule has 2 N–H and O–H groups in total. The molecule has 0 saturated carbocycles. The van der Waals surface area contributed by atoms with Gasteiger partial charge in [0.2, 0.25) is 0 Å². The maximum absolute atomic E-state index is 14.0. The van der Waals surface area contributed by atoms with Gasteiger partial charge in [0.25, 0.3) is 0 Å². The lowest BCUT2D eigenvalue weighted by Gasteiger charge is -2.12. The zero-order valence-electron chi connectivity index (χ0n) is 10.9. The predicted octanol–water partition coefficient (Wildman–Crippen LogP) is 3.80. The molecule has 0 fully saturated rings. The third-order valence-electron chi connectivity index (χ3n) is 3.52. The van der Waals surface area contributed by atoms with Gasteiger partial charge in [0.15, 0.2) is 0 Å². The molecule has 1 unspecified atom stereocenters. The highest BCUT2D eigenvalue weighted by Gasteiger charge is 2.26. The van der Waals surface area contributed by atoms with E-state index in [0.29, 0.717) is 22.7 Å². The van der Waals surface area contributed by atoms with Crippen LogP contribution in [-0.4, -0.2) is 12.6 Å². The molecule has 0 aromatic heterocycles. The Labute approximate surface area is 122 Å². The molecule has 20 heavy (non-hydrogen) atoms. The summed E-state index contributed by atoms with van der Waals surface area (Å²) in [6.07, 6.45) is 1.61. The van der Waals surface area contributed by atoms with E-state index in [1.54, 1.807) is 24.3 Å². The van der Waals surface area contributed by atoms with Crippen LogP contribution in [0.2, 0.25) is 5.02 Å². The summed E-state index contributed by atoms with van der Waals surface area (Å²) in [5.41, 5.74) is 7.83. The summed E-state index contributed by atoms with van der Waals surface area (Å²) in [5, 5.41) is 0.596. The van der Waals surface area contributed by atoms with Crippen LogP contribution in [0.15, 0.2) is 36.4 Å². The van der Waals surface area contributed by atoms with Crippen LogP contribution in [0.1, 0.15) is 12.0 Å². The lowest BCUT2D eigenvalue weighted by atomic mass is 10.00. The van der Waals surface area contributed by atoms with Crippen LogP contribution in [0.25, 0.3) is 11.1 Å². The van der Waals surface area contributed by atoms with Crippen LogP contribution in [0.5, 0.6) is 5.75 Å². The van der Waals surface area contributed by atoms with Crippen molar-refractivity contribution < 1.29 is 9.13 Å². The van der Waals surface area contributed by atoms with Gasteiger partial charge in [0.05, 0.1) is 0 Å². The summed E-state index contributed by atoms with van der Waals surface area (Å²) in [4.78, 5) is 0. The fourth-order valence-electron chi connectivity index (χ4n) is 2.62. The summed E-state index contributed by atoms with van der Waals surface area (Å²) in [7, 11) is 0. The molecule has 2 aromatic rings. The van der Waals surface area contributed by atoms with Crippen molar-refractivity contribution in [1.29, 1.82) is 0 Å². The second-order valence-electron chi connectivity index (χ2n) is 4.94. The zero-order valence-corrected chi connectivity index (χ0v) is 11.7. The highest BCUT2D eigenvalue weighted by molar-refractivity contribution is 6.31. The highest BCUT2D eigenvalue weighted by atomic mass is 35.5. The Morgan fingerprint density at radius 3 is 2.80 bits per heavy atom. The van der Waals surface area contributed by atoms with Gasteiger partial charge < -0.3 is 10.5 Å². The number of halogens is 2. The van der Waals surface area contributed by atoms with E-state index < -0.39 is 0 Å². The van der Waals surface area contributed by atoms with E-state index >= 15 is 0 Å². The summed E-state index contributed by atoms with van der Waals surface area (Å²) in [6, 6.07) is 10.3. The van der Waals surface area contributed by atoms with Crippen molar-refractivity contribution in [2.75, 3.05) is 6.54 Å². The van der Waals surface area contributed by atoms with Gasteiger partial charge in [0.1, 0.15) is 17.7 Å². The van der Waals surface area contributed by atoms with Gasteiger partial charge in [-0.05, 0) is 36.7 Å². The Morgan fingerprint density at radius 1 is 1.25 bits per heavy atom. The maximum Gasteiger partial charge on any atom is 0.131 e. The van der Waals surface area contributed by atoms with E-state index in [1.165, 1.54) is 6.07 Å². The minimum absolute atomic E-state index is 0.0546. The van der Waals surface area contributed by atoms with Crippen molar-refractivity contribution in [3.05, 3.63) is 52.8 Å². The summed E-state index contributed by atoms with van der Waals surface area (Å²) in [6.45, 7) is 0.571. The third kappa shape index (κ3) is 2.39. The van der Waals surface area contributed by atoms with E-state index in [2.05, 4.69) is 0 Å². The molecule has 0 aliphatic carbocycles. The Balaban J connectivity index is 2.08. The first-order valence-electron chi connectivity index (χ1n) is 6.63. The van der Waals surface area contributed by atoms with Gasteiger partial charge in [-0.3, -0.25) is 0 Å². The van der Waals surface area contributed by atoms with Gasteiger partial charge in [-0.2, -0.15) is 0 Å². The van der Waals surface area contributed by atoms with E-state index in [9.17, 15) is 4.39 Å². The van der Waals surface area contributed by atoms with Gasteiger partial charge in [0, 0.05) is 22.6 Å². The number of ether oxygens (including phenoxy) is 1. The largest absolute Gasteiger partial charge is 0.489 e. The second-order valence-corrected chi connectivity index (χ2v) is 5.38. The maximum atomic E-state index is 14.0. The normalized spacial score (nSPS) is 16.9. The molecule has 0 bridgehead atoms. The molecule has 0 spiro atoms. The van der Waals surface area contributed by atoms with Crippen molar-refractivity contribution in [3.63, 3.8) is 0 Å². The number of nitrogens with two attached hydrogens (primary N) is 1. The topological polar surface area (TPSA) is 35.2 Å². The Bertz CT molecular complexity index is 644. The van der Waals surface area contributed by atoms with Crippen molar-refractivity contribution in [2.45, 2.75) is 18.9 Å². The van der Waals surface area contributed by atoms with Crippen LogP contribution in [0, 0.1) is 5.82 Å². The second kappa shape index (κ2) is 5.43. The first-order valence-corrected chi connectivity index (χ1v) is 7.01. The molecule has 2 nitrogen and oxygen atoms in total. The molecule has 1 heterocycles. The van der Waals surface area contributed by atoms with Crippen molar-refractivity contribution >= 4 is 11.6 Å². The monoisotopic (exact) mass is 291 g/mol. The van der Waals surface area contributed by atoms with E-state index in [0.717, 1.165) is 24.2 Å². The van der Waals surface area contributed by atoms with Crippen LogP contribution >= 0.6 is 11.6 Å². The fourth-order valence-corrected chi connectivity index (χ4v) is 2.86. The van der Waals surface area contributed by atoms with Crippen molar-refractivity contribution in [2.24, 2.45) is 5.73 Å². The standard InChI is InChI=1S/C16H15ClFNO/c17-11-7-10-8-12(5-6-19)20-16(10)14(9-11)13-3-1-2-4-15(13)18/h1-4,7,9,12H,5-6,8,19H2. The van der Waals surface area contributed by atoms with Crippen LogP contribution < -0.4 is 10.5 Å². The van der Waals surface area contributed by atoms with Crippen LogP contribution in [0.4, 0.5) is 4.39 Å². The number of rotatable bonds is 3. The number of fused-ring (bicyclic) bond motifs is 1. The minimum atomic E-state index is -0.275. The van der Waals surface area contributed by atoms with E-state index in [-0.39, 0.29) is 11.9 Å². The van der Waals surface area contributed by atoms with Gasteiger partial charge in [-0.15, -0.1) is 0 Å². The fraction of sp³-hybridized carbons (Fsp3) is 0.250. The quantitative estimate of drug-likeness (QED) is 0.933. The number of benzene rings is 2. The lowest BCUT2D eigenvalue weighted by molar-refractivity contribution is 0.225. The van der Waals surface area contributed by atoms with Gasteiger partial charge in [-0.25, -0.2) is 4.39 Å². The molecule has 1 aliphatic rings. The summed E-state index contributed by atoms with van der Waals surface area (Å²) < 4.78 is 19.9. The Kier molecular flexibility index (Phi) is 3.64. The van der Waals surface area contributed by atoms with Gasteiger partial charge >= 0.3 is 0 Å². The zero-order chi connectivity index (χ0) is 14.1. The average molecular weight is 292 g/mol. The molecule has 0 amide bonds. The minimum Gasteiger partial charge on any atom is -0.489 e. The first kappa shape index (κ1) is 13.4. The smallest absolute Gasteiger partial charge is 0.131 e. The van der Waals surface area contributed by atoms with Crippen LogP contribution in [-0.2, 0) is 6.42 Å². The molecule has 1 aliphatic heterocycles. The van der Waals surface area contributed by atoms with Crippen LogP contribution in [0.3, 0.4) is 0 Å². The average Bonchev–Trinajstić information content (AvgIpc) is 2.81. The van der Waals surface area contributed by atoms with Gasteiger partial charge in [-0.1, -0.05) is 29.8 Å². The summed E-state index contributed by atoms with van der Waals surface area (Å²) >= 11 is 6.15. The highest BCUT2D eigenvalue weighted by Crippen LogP contribution is 2.42. The molecule has 0 saturated heterocycles. The third-order valence-corrected chi connectivity index (χ3v) is 3.73. The Morgan fingerprint density at radius 2 is 2.05 bits per heavy atom. The van der Waals surface area contributed by atoms with Crippen molar-refractivity contribution in [1.82, 2.24) is 0 Å². The predicted molar refractivity (Wildman–Crippen MR) is 78.6 cm³/mol. The summed E-state index contributed by atoms with van der Waals surface area (Å²) in [5.74, 6) is 0.459. The molecule has 3 rings (SSSR count). The van der Waals surface area contributed by atoms with E-state index in [4.69, 9.17) is 22.1 Å². The molecular weight excluding hydrogens is 277 g/mol. The SMILES string of the molecule is NCCC1Cc2cc(Cl)cc(-c3ccccc3F)c2O1. The lowest BCUT2D eigenvalue weighted by Crippen LogP contribution is -2.17. The molecule has 1 atom stereocenters. The Hall–Kier alpha value is -1.58. The number of hydrogen-bond donors (Lipinski definition) is 1. The molecule has 2 aromatic carbocycles. The molecule has 104 valence electrons. The van der Waals surface area contributed by atoms with E-state index in [1.807, 2.05) is 6.07 Å². The van der Waals surface area contributed by atoms with Crippen molar-refractivity contribution in [3.8, 4) is 16.9 Å². The first-order chi connectivity index (χ1) is 9.69. The molecule has 0 radical (unpaired) electrons. The molecular formula is C16H15ClFNO. The molecule has 4 heteroatoms. The number of hydrogen-bond acceptors (Lipinski definition) is 2.